The van der Waals surface area contributed by atoms with Crippen LogP contribution in [0, 0.1) is 0 Å². The largest absolute Gasteiger partial charge is 1.00 e. The van der Waals surface area contributed by atoms with Gasteiger partial charge in [-0.3, -0.25) is 18.4 Å². The van der Waals surface area contributed by atoms with E-state index in [0.29, 0.717) is 12.1 Å². The van der Waals surface area contributed by atoms with E-state index in [9.17, 15) is 68.3 Å². The SMILES string of the molecule is COc1cc(S(=O)(=O)CCOS(=O)(=O)[O-])c(OC)cc1N=Nc1c(S(=O)(=O)[O-])cc2cc(SOO[O-])c(N=Nc3ccc(S(=O)(=O)CCOSOO[O-])cc3C(=O)[O-])c(O)c2c1N.[Na+].[Na+].[Na+].[Na+].[Na+]. The van der Waals surface area contributed by atoms with Gasteiger partial charge in [0.2, 0.25) is 10.4 Å². The summed E-state index contributed by atoms with van der Waals surface area (Å²) in [6.45, 7) is -1.62. The molecule has 68 heavy (non-hydrogen) atoms. The molecule has 0 radical (unpaired) electrons. The number of phenols is 1. The third-order valence-electron chi connectivity index (χ3n) is 7.72. The summed E-state index contributed by atoms with van der Waals surface area (Å²) in [6.07, 6.45) is 0. The van der Waals surface area contributed by atoms with Gasteiger partial charge in [-0.2, -0.15) is 4.33 Å². The number of carboxylic acid groups (broad SMARTS) is 1. The number of rotatable bonds is 23. The number of hydrogen-bond acceptors (Lipinski definition) is 30. The number of methoxy groups -OCH3 is 2. The van der Waals surface area contributed by atoms with Crippen molar-refractivity contribution < 1.29 is 253 Å². The molecule has 39 heteroatoms. The molecule has 3 N–H and O–H groups in total. The van der Waals surface area contributed by atoms with E-state index in [4.69, 9.17) is 15.2 Å². The number of nitrogens with two attached hydrogens (primary N) is 1. The number of aromatic hydroxyl groups is 1. The Kier molecular flexibility index (Phi) is 32.1. The van der Waals surface area contributed by atoms with Gasteiger partial charge in [-0.25, -0.2) is 33.7 Å². The third kappa shape index (κ3) is 19.1. The molecule has 0 fully saturated rings. The van der Waals surface area contributed by atoms with Gasteiger partial charge >= 0.3 is 148 Å². The van der Waals surface area contributed by atoms with Gasteiger partial charge in [0.25, 0.3) is 0 Å². The van der Waals surface area contributed by atoms with E-state index < -0.39 is 141 Å². The van der Waals surface area contributed by atoms with E-state index in [0.717, 1.165) is 44.6 Å². The topological polar surface area (TPSA) is 438 Å². The molecule has 0 aromatic heterocycles. The Morgan fingerprint density at radius 2 is 1.31 bits per heavy atom. The van der Waals surface area contributed by atoms with Crippen LogP contribution in [-0.4, -0.2) is 92.8 Å². The molecular weight excluding hydrogens is 1090 g/mol. The fourth-order valence-corrected chi connectivity index (χ4v) is 9.27. The van der Waals surface area contributed by atoms with Gasteiger partial charge in [-0.1, -0.05) is 0 Å². The van der Waals surface area contributed by atoms with E-state index in [1.165, 1.54) is 0 Å². The van der Waals surface area contributed by atoms with Crippen LogP contribution >= 0.6 is 24.4 Å². The Balaban J connectivity index is 0. The monoisotopic (exact) mass is 1120 g/mol. The van der Waals surface area contributed by atoms with Crippen molar-refractivity contribution in [3.8, 4) is 17.2 Å². The van der Waals surface area contributed by atoms with Crippen LogP contribution in [0.5, 0.6) is 17.2 Å². The predicted octanol–water partition coefficient (Wildman–Crippen LogP) is -14.7. The van der Waals surface area contributed by atoms with Gasteiger partial charge in [0, 0.05) is 17.7 Å². The minimum Gasteiger partial charge on any atom is -0.744 e. The molecule has 4 aromatic rings. The maximum atomic E-state index is 13.0. The van der Waals surface area contributed by atoms with Gasteiger partial charge in [-0.15, -0.1) is 24.8 Å². The van der Waals surface area contributed by atoms with Gasteiger partial charge in [0.15, 0.2) is 37.7 Å². The van der Waals surface area contributed by atoms with Gasteiger partial charge < -0.3 is 49.8 Å². The number of anilines is 1. The van der Waals surface area contributed by atoms with E-state index in [-0.39, 0.29) is 183 Å². The maximum Gasteiger partial charge on any atom is 1.00 e. The molecule has 4 rings (SSSR count). The predicted molar refractivity (Wildman–Crippen MR) is 200 cm³/mol. The summed E-state index contributed by atoms with van der Waals surface area (Å²) in [6, 6.07) is 5.86. The van der Waals surface area contributed by atoms with Crippen molar-refractivity contribution in [1.29, 1.82) is 0 Å². The first kappa shape index (κ1) is 70.2. The zero-order valence-corrected chi connectivity index (χ0v) is 51.0. The summed E-state index contributed by atoms with van der Waals surface area (Å²) in [5, 5.41) is 64.8. The summed E-state index contributed by atoms with van der Waals surface area (Å²) in [4.78, 5) is 9.33. The minimum atomic E-state index is -5.53. The molecule has 0 heterocycles. The number of aromatic carboxylic acids is 1. The second-order valence-corrected chi connectivity index (χ2v) is 19.3. The number of azo groups is 2. The van der Waals surface area contributed by atoms with Gasteiger partial charge in [0.05, 0.1) is 88.4 Å². The molecular formula is C29H24N5Na5O23S6. The van der Waals surface area contributed by atoms with Crippen LogP contribution < -0.4 is 179 Å². The zero-order chi connectivity index (χ0) is 46.9. The average molecular weight is 1120 g/mol. The molecule has 28 nitrogen and oxygen atoms in total. The Hall–Kier alpha value is 0.110. The molecule has 0 atom stereocenters. The minimum absolute atomic E-state index is 0. The number of phenolic OH excluding ortho intramolecular Hbond substituents is 1. The van der Waals surface area contributed by atoms with Crippen LogP contribution in [0.2, 0.25) is 0 Å². The summed E-state index contributed by atoms with van der Waals surface area (Å²) in [5.41, 5.74) is 2.08. The number of fused-ring (bicyclic) bond motifs is 1. The first-order chi connectivity index (χ1) is 29.5. The summed E-state index contributed by atoms with van der Waals surface area (Å²) in [7, 11) is -17.4. The second kappa shape index (κ2) is 31.1. The molecule has 0 saturated carbocycles. The summed E-state index contributed by atoms with van der Waals surface area (Å²) in [5.74, 6) is -5.56. The molecule has 0 aliphatic carbocycles. The van der Waals surface area contributed by atoms with E-state index in [2.05, 4.69) is 47.6 Å². The van der Waals surface area contributed by atoms with Crippen LogP contribution in [0.25, 0.3) is 10.8 Å². The molecule has 0 amide bonds. The Morgan fingerprint density at radius 1 is 0.721 bits per heavy atom. The van der Waals surface area contributed by atoms with Crippen molar-refractivity contribution in [2.24, 2.45) is 20.5 Å². The Labute approximate surface area is 505 Å². The number of carbonyl (C=O) groups excluding carboxylic acids is 1. The van der Waals surface area contributed by atoms with Crippen molar-refractivity contribution >= 4 is 110 Å². The first-order valence-electron chi connectivity index (χ1n) is 16.0. The number of carboxylic acids is 1. The number of sulfone groups is 2. The number of ether oxygens (including phenoxy) is 2. The molecule has 4 aromatic carbocycles. The number of benzene rings is 4. The van der Waals surface area contributed by atoms with Crippen molar-refractivity contribution in [3.05, 3.63) is 48.0 Å². The van der Waals surface area contributed by atoms with Crippen molar-refractivity contribution in [2.45, 2.75) is 19.6 Å². The fourth-order valence-electron chi connectivity index (χ4n) is 5.04. The van der Waals surface area contributed by atoms with Crippen LogP contribution in [0.15, 0.2) is 82.5 Å². The van der Waals surface area contributed by atoms with E-state index in [1.807, 2.05) is 0 Å². The van der Waals surface area contributed by atoms with Crippen molar-refractivity contribution in [3.63, 3.8) is 0 Å². The van der Waals surface area contributed by atoms with Gasteiger partial charge in [0.1, 0.15) is 43.6 Å². The molecule has 344 valence electrons. The summed E-state index contributed by atoms with van der Waals surface area (Å²) >= 11 is 0.0854. The number of hydrogen-bond donors (Lipinski definition) is 2. The summed E-state index contributed by atoms with van der Waals surface area (Å²) < 4.78 is 148. The molecule has 0 unspecified atom stereocenters. The van der Waals surface area contributed by atoms with Crippen LogP contribution in [0.3, 0.4) is 0 Å². The molecule has 0 bridgehead atoms. The second-order valence-electron chi connectivity index (χ2n) is 11.4. The Bertz CT molecular complexity index is 2920. The van der Waals surface area contributed by atoms with E-state index >= 15 is 0 Å². The first-order valence-corrected chi connectivity index (χ1v) is 23.4. The molecule has 0 aliphatic heterocycles. The van der Waals surface area contributed by atoms with Crippen molar-refractivity contribution in [1.82, 2.24) is 0 Å². The third-order valence-corrected chi connectivity index (χ3v) is 13.4. The van der Waals surface area contributed by atoms with Crippen LogP contribution in [-0.2, 0) is 67.3 Å². The average Bonchev–Trinajstić information content (AvgIpc) is 3.20. The smallest absolute Gasteiger partial charge is 0.744 e. The quantitative estimate of drug-likeness (QED) is 0.00801. The van der Waals surface area contributed by atoms with Gasteiger partial charge in [-0.05, 0) is 35.7 Å². The normalized spacial score (nSPS) is 11.8. The number of carbonyl (C=O) groups is 1. The van der Waals surface area contributed by atoms with Crippen molar-refractivity contribution in [2.75, 3.05) is 44.7 Å². The molecule has 0 aliphatic rings. The Morgan fingerprint density at radius 3 is 1.87 bits per heavy atom. The fraction of sp³-hybridized carbons (Fsp3) is 0.207. The van der Waals surface area contributed by atoms with E-state index in [1.54, 1.807) is 0 Å². The number of nitrogen functional groups attached to an aromatic ring is 1. The molecule has 0 saturated heterocycles. The number of nitrogens with zero attached hydrogens (tertiary/aromatic N) is 4. The molecule has 0 spiro atoms. The van der Waals surface area contributed by atoms with Crippen LogP contribution in [0.4, 0.5) is 28.4 Å². The maximum absolute atomic E-state index is 13.0. The standard InChI is InChI=1S/C29H29N5O23S6.5Na/c1-50-19-13-22(61(42,43)8-6-53-63(47,48)49)20(51-2)12-18(19)32-34-27-23(62(44,45)46)10-14-9-21(58-56-54-38)26(28(35)24(14)25(27)30)33-31-17-4-3-15(11-16(17)29(36)37)60(40,41)7-5-52-59-57-55-39;;;;;/h3-4,9-13,35,38-39H,5-8,30H2,1-2H3,(H,36,37)(H,44,45,46)(H,47,48,49);;;;;/q;5*+1/p-5. The van der Waals surface area contributed by atoms with Crippen LogP contribution in [0.1, 0.15) is 10.4 Å². The zero-order valence-electron chi connectivity index (χ0n) is 36.1.